The van der Waals surface area contributed by atoms with Crippen LogP contribution in [0, 0.1) is 0 Å². The normalized spacial score (nSPS) is 9.86. The Labute approximate surface area is 84.4 Å². The fourth-order valence-corrected chi connectivity index (χ4v) is 0.595. The number of aliphatic hydroxyl groups is 1. The van der Waals surface area contributed by atoms with E-state index >= 15 is 0 Å². The van der Waals surface area contributed by atoms with E-state index in [2.05, 4.69) is 25.5 Å². The molecule has 0 radical (unpaired) electrons. The van der Waals surface area contributed by atoms with Crippen LogP contribution in [-0.2, 0) is 4.79 Å². The van der Waals surface area contributed by atoms with Crippen LogP contribution in [0.4, 0.5) is 0 Å². The van der Waals surface area contributed by atoms with Crippen LogP contribution in [0.5, 0.6) is 0 Å². The van der Waals surface area contributed by atoms with Crippen molar-refractivity contribution in [1.82, 2.24) is 0 Å². The highest BCUT2D eigenvalue weighted by atomic mass is 16.4. The van der Waals surface area contributed by atoms with Gasteiger partial charge in [0.15, 0.2) is 0 Å². The molecule has 3 nitrogen and oxygen atoms in total. The summed E-state index contributed by atoms with van der Waals surface area (Å²) in [4.78, 5) is 9.00. The molecular weight excluding hydrogens is 180 g/mol. The van der Waals surface area contributed by atoms with Crippen LogP contribution >= 0.6 is 0 Å². The molecule has 0 aromatic carbocycles. The van der Waals surface area contributed by atoms with Crippen LogP contribution in [0.3, 0.4) is 0 Å². The molecule has 0 aliphatic carbocycles. The molecule has 0 rings (SSSR count). The van der Waals surface area contributed by atoms with Gasteiger partial charge in [0.25, 0.3) is 5.97 Å². The monoisotopic (exact) mass is 196 g/mol. The van der Waals surface area contributed by atoms with Gasteiger partial charge in [0.1, 0.15) is 6.10 Å². The van der Waals surface area contributed by atoms with Crippen LogP contribution < -0.4 is 0 Å². The summed E-state index contributed by atoms with van der Waals surface area (Å²) in [6.45, 7) is 11.5. The number of rotatable bonds is 4. The first-order valence-corrected chi connectivity index (χ1v) is 3.99. The van der Waals surface area contributed by atoms with Crippen molar-refractivity contribution in [2.24, 2.45) is 0 Å². The molecule has 0 unspecified atom stereocenters. The smallest absolute Gasteiger partial charge is 0.300 e. The summed E-state index contributed by atoms with van der Waals surface area (Å²) in [5, 5.41) is 16.6. The van der Waals surface area contributed by atoms with Gasteiger partial charge in [-0.05, 0) is 6.42 Å². The van der Waals surface area contributed by atoms with Gasteiger partial charge in [0.05, 0.1) is 0 Å². The highest BCUT2D eigenvalue weighted by Gasteiger charge is 2.01. The Balaban J connectivity index is 0. The lowest BCUT2D eigenvalue weighted by Gasteiger charge is -2.04. The largest absolute Gasteiger partial charge is 0.481 e. The van der Waals surface area contributed by atoms with Crippen molar-refractivity contribution in [1.29, 1.82) is 0 Å². The summed E-state index contributed by atoms with van der Waals surface area (Å²) >= 11 is 0. The molecule has 0 heterocycles. The molecule has 0 aliphatic rings. The van der Waals surface area contributed by atoms with Crippen LogP contribution in [0.1, 0.15) is 13.3 Å². The average molecular weight is 196 g/mol. The van der Waals surface area contributed by atoms with Gasteiger partial charge in [0, 0.05) is 12.5 Å². The maximum absolute atomic E-state index is 9.14. The minimum Gasteiger partial charge on any atom is -0.481 e. The molecular formula is C11H16O3. The van der Waals surface area contributed by atoms with Crippen molar-refractivity contribution in [3.63, 3.8) is 0 Å². The van der Waals surface area contributed by atoms with Crippen LogP contribution in [0.15, 0.2) is 43.2 Å². The lowest BCUT2D eigenvalue weighted by Crippen LogP contribution is -2.03. The van der Waals surface area contributed by atoms with E-state index in [0.29, 0.717) is 12.0 Å². The maximum atomic E-state index is 9.14. The fraction of sp³-hybridized carbons (Fsp3) is 0.273. The second kappa shape index (κ2) is 9.52. The molecule has 78 valence electrons. The van der Waals surface area contributed by atoms with E-state index < -0.39 is 12.1 Å². The number of hydrogen-bond acceptors (Lipinski definition) is 2. The van der Waals surface area contributed by atoms with E-state index in [4.69, 9.17) is 15.0 Å². The molecule has 0 aromatic rings. The zero-order chi connectivity index (χ0) is 11.6. The molecule has 1 atom stereocenters. The van der Waals surface area contributed by atoms with Gasteiger partial charge in [-0.25, -0.2) is 0 Å². The number of aliphatic hydroxyl groups excluding tert-OH is 1. The highest BCUT2D eigenvalue weighted by Crippen LogP contribution is 2.06. The molecule has 0 aliphatic heterocycles. The summed E-state index contributed by atoms with van der Waals surface area (Å²) in [6, 6.07) is 0. The third-order valence-corrected chi connectivity index (χ3v) is 1.17. The van der Waals surface area contributed by atoms with Crippen molar-refractivity contribution < 1.29 is 15.0 Å². The zero-order valence-electron chi connectivity index (χ0n) is 8.36. The quantitative estimate of drug-likeness (QED) is 0.533. The van der Waals surface area contributed by atoms with Crippen molar-refractivity contribution in [3.8, 4) is 0 Å². The zero-order valence-corrected chi connectivity index (χ0v) is 8.36. The standard InChI is InChI=1S/C9H12O.C2H4O2/c1-4-7-8(5-2)9(10)6-3;1-2(3)4/h4,6,9-10H,1-3,7H2;1H3,(H,3,4)/t9-;/m1./s1. The topological polar surface area (TPSA) is 57.5 Å². The van der Waals surface area contributed by atoms with E-state index in [9.17, 15) is 0 Å². The Morgan fingerprint density at radius 2 is 2.00 bits per heavy atom. The predicted octanol–water partition coefficient (Wildman–Crippen LogP) is 1.91. The Bertz CT molecular complexity index is 243. The summed E-state index contributed by atoms with van der Waals surface area (Å²) in [5.41, 5.74) is 3.34. The predicted molar refractivity (Wildman–Crippen MR) is 57.0 cm³/mol. The van der Waals surface area contributed by atoms with Gasteiger partial charge in [-0.2, -0.15) is 0 Å². The third-order valence-electron chi connectivity index (χ3n) is 1.17. The minimum absolute atomic E-state index is 0.608. The summed E-state index contributed by atoms with van der Waals surface area (Å²) < 4.78 is 0. The lowest BCUT2D eigenvalue weighted by molar-refractivity contribution is -0.134. The molecule has 0 spiro atoms. The lowest BCUT2D eigenvalue weighted by atomic mass is 10.1. The number of allylic oxidation sites excluding steroid dienone is 1. The number of hydrogen-bond donors (Lipinski definition) is 2. The Hall–Kier alpha value is -1.57. The molecule has 0 saturated heterocycles. The van der Waals surface area contributed by atoms with Gasteiger partial charge in [-0.3, -0.25) is 4.79 Å². The Morgan fingerprint density at radius 1 is 1.57 bits per heavy atom. The second-order valence-electron chi connectivity index (χ2n) is 2.39. The Morgan fingerprint density at radius 3 is 2.21 bits per heavy atom. The van der Waals surface area contributed by atoms with Crippen LogP contribution in [0.2, 0.25) is 0 Å². The van der Waals surface area contributed by atoms with E-state index in [0.717, 1.165) is 6.92 Å². The summed E-state index contributed by atoms with van der Waals surface area (Å²) in [7, 11) is 0. The van der Waals surface area contributed by atoms with Gasteiger partial charge in [-0.15, -0.1) is 18.9 Å². The molecule has 14 heavy (non-hydrogen) atoms. The van der Waals surface area contributed by atoms with Crippen molar-refractivity contribution in [2.45, 2.75) is 19.4 Å². The van der Waals surface area contributed by atoms with E-state index in [1.165, 1.54) is 6.08 Å². The average Bonchev–Trinajstić information content (AvgIpc) is 2.12. The molecule has 0 amide bonds. The molecule has 0 saturated carbocycles. The number of carboxylic acids is 1. The number of carbonyl (C=O) groups is 1. The van der Waals surface area contributed by atoms with E-state index in [1.54, 1.807) is 6.08 Å². The molecule has 2 N–H and O–H groups in total. The number of aliphatic carboxylic acids is 1. The first-order chi connectivity index (χ1) is 6.49. The fourth-order valence-electron chi connectivity index (χ4n) is 0.595. The minimum atomic E-state index is -0.833. The second-order valence-corrected chi connectivity index (χ2v) is 2.39. The highest BCUT2D eigenvalue weighted by molar-refractivity contribution is 5.62. The van der Waals surface area contributed by atoms with Crippen molar-refractivity contribution >= 4 is 5.97 Å². The maximum Gasteiger partial charge on any atom is 0.300 e. The van der Waals surface area contributed by atoms with Gasteiger partial charge in [-0.1, -0.05) is 18.7 Å². The summed E-state index contributed by atoms with van der Waals surface area (Å²) in [6.07, 6.45) is 3.11. The molecule has 0 aromatic heterocycles. The van der Waals surface area contributed by atoms with Crippen LogP contribution in [0.25, 0.3) is 0 Å². The van der Waals surface area contributed by atoms with Gasteiger partial charge >= 0.3 is 0 Å². The Kier molecular flexibility index (Phi) is 10.1. The molecule has 0 bridgehead atoms. The first kappa shape index (κ1) is 14.9. The first-order valence-electron chi connectivity index (χ1n) is 3.99. The van der Waals surface area contributed by atoms with Crippen molar-refractivity contribution in [2.75, 3.05) is 0 Å². The van der Waals surface area contributed by atoms with Crippen molar-refractivity contribution in [3.05, 3.63) is 43.2 Å². The summed E-state index contributed by atoms with van der Waals surface area (Å²) in [5.74, 6) is -0.833. The van der Waals surface area contributed by atoms with Gasteiger partial charge in [0.2, 0.25) is 0 Å². The van der Waals surface area contributed by atoms with E-state index in [1.807, 2.05) is 0 Å². The van der Waals surface area contributed by atoms with Gasteiger partial charge < -0.3 is 10.2 Å². The number of carboxylic acid groups (broad SMARTS) is 1. The molecule has 0 fully saturated rings. The van der Waals surface area contributed by atoms with Crippen LogP contribution in [-0.4, -0.2) is 22.3 Å². The molecule has 3 heteroatoms. The van der Waals surface area contributed by atoms with E-state index in [-0.39, 0.29) is 0 Å². The SMILES string of the molecule is C=C=C(CC=C)[C@H](O)C=C.CC(=O)O. The third kappa shape index (κ3) is 10.4.